The number of hydrazine groups is 1. The summed E-state index contributed by atoms with van der Waals surface area (Å²) in [7, 11) is 0. The second-order valence-corrected chi connectivity index (χ2v) is 6.88. The summed E-state index contributed by atoms with van der Waals surface area (Å²) in [6.45, 7) is 1.42. The van der Waals surface area contributed by atoms with Crippen molar-refractivity contribution in [3.63, 3.8) is 0 Å². The van der Waals surface area contributed by atoms with Crippen molar-refractivity contribution in [3.8, 4) is 0 Å². The van der Waals surface area contributed by atoms with E-state index in [0.29, 0.717) is 23.4 Å². The second kappa shape index (κ2) is 7.77. The van der Waals surface area contributed by atoms with Crippen molar-refractivity contribution in [2.24, 2.45) is 0 Å². The molecule has 8 heteroatoms. The zero-order chi connectivity index (χ0) is 19.4. The van der Waals surface area contributed by atoms with Gasteiger partial charge >= 0.3 is 12.0 Å². The van der Waals surface area contributed by atoms with Crippen molar-refractivity contribution in [1.82, 2.24) is 15.8 Å². The maximum absolute atomic E-state index is 12.6. The molecule has 0 aromatic heterocycles. The molecular formula is C19H23N3O5. The van der Waals surface area contributed by atoms with E-state index in [1.807, 2.05) is 19.1 Å². The van der Waals surface area contributed by atoms with Crippen LogP contribution in [-0.4, -0.2) is 41.0 Å². The third-order valence-electron chi connectivity index (χ3n) is 5.04. The van der Waals surface area contributed by atoms with Gasteiger partial charge in [-0.05, 0) is 37.0 Å². The lowest BCUT2D eigenvalue weighted by Gasteiger charge is -2.30. The fourth-order valence-corrected chi connectivity index (χ4v) is 3.46. The highest BCUT2D eigenvalue weighted by atomic mass is 16.5. The Balaban J connectivity index is 1.53. The van der Waals surface area contributed by atoms with Crippen LogP contribution >= 0.6 is 0 Å². The summed E-state index contributed by atoms with van der Waals surface area (Å²) >= 11 is 0. The molecule has 1 saturated carbocycles. The third-order valence-corrected chi connectivity index (χ3v) is 5.04. The quantitative estimate of drug-likeness (QED) is 0.604. The molecule has 3 rings (SSSR count). The van der Waals surface area contributed by atoms with Crippen LogP contribution in [0, 0.1) is 0 Å². The number of amides is 4. The summed E-state index contributed by atoms with van der Waals surface area (Å²) in [6.07, 6.45) is 4.70. The van der Waals surface area contributed by atoms with Crippen molar-refractivity contribution in [2.75, 3.05) is 6.61 Å². The summed E-state index contributed by atoms with van der Waals surface area (Å²) < 4.78 is 4.96. The molecule has 0 radical (unpaired) electrons. The summed E-state index contributed by atoms with van der Waals surface area (Å²) in [5.41, 5.74) is 2.73. The number of rotatable bonds is 5. The first kappa shape index (κ1) is 18.9. The summed E-state index contributed by atoms with van der Waals surface area (Å²) in [4.78, 5) is 48.7. The predicted molar refractivity (Wildman–Crippen MR) is 95.4 cm³/mol. The van der Waals surface area contributed by atoms with Gasteiger partial charge in [0, 0.05) is 0 Å². The Morgan fingerprint density at radius 2 is 1.81 bits per heavy atom. The van der Waals surface area contributed by atoms with Crippen molar-refractivity contribution in [2.45, 2.75) is 51.0 Å². The van der Waals surface area contributed by atoms with Crippen LogP contribution in [0.5, 0.6) is 0 Å². The Kier molecular flexibility index (Phi) is 5.43. The Bertz CT molecular complexity index is 753. The van der Waals surface area contributed by atoms with Gasteiger partial charge in [-0.2, -0.15) is 5.01 Å². The van der Waals surface area contributed by atoms with Gasteiger partial charge in [0.25, 0.3) is 11.8 Å². The van der Waals surface area contributed by atoms with E-state index in [-0.39, 0.29) is 0 Å². The van der Waals surface area contributed by atoms with E-state index in [2.05, 4.69) is 10.7 Å². The van der Waals surface area contributed by atoms with Crippen molar-refractivity contribution in [1.29, 1.82) is 0 Å². The number of ether oxygens (including phenoxy) is 1. The van der Waals surface area contributed by atoms with Gasteiger partial charge in [-0.1, -0.05) is 38.3 Å². The van der Waals surface area contributed by atoms with E-state index in [0.717, 1.165) is 31.2 Å². The zero-order valence-corrected chi connectivity index (χ0v) is 15.2. The first-order chi connectivity index (χ1) is 12.9. The number of imide groups is 1. The molecule has 8 nitrogen and oxygen atoms in total. The van der Waals surface area contributed by atoms with Crippen molar-refractivity contribution < 1.29 is 23.9 Å². The van der Waals surface area contributed by atoms with Crippen LogP contribution in [-0.2, 0) is 20.7 Å². The Hall–Kier alpha value is -2.90. The highest BCUT2D eigenvalue weighted by Crippen LogP contribution is 2.32. The van der Waals surface area contributed by atoms with Crippen LogP contribution in [0.2, 0.25) is 0 Å². The Morgan fingerprint density at radius 3 is 2.44 bits per heavy atom. The zero-order valence-electron chi connectivity index (χ0n) is 15.2. The number of esters is 1. The maximum atomic E-state index is 12.6. The fraction of sp³-hybridized carbons (Fsp3) is 0.474. The summed E-state index contributed by atoms with van der Waals surface area (Å²) in [5, 5.41) is 3.38. The topological polar surface area (TPSA) is 105 Å². The SMILES string of the molecule is CCc1ccc(C(=O)OCC(=O)NN2C(=O)NC3(CCCCC3)C2=O)cc1. The molecule has 2 aliphatic rings. The van der Waals surface area contributed by atoms with E-state index in [1.54, 1.807) is 12.1 Å². The van der Waals surface area contributed by atoms with Crippen LogP contribution < -0.4 is 10.7 Å². The molecule has 1 aliphatic heterocycles. The summed E-state index contributed by atoms with van der Waals surface area (Å²) in [6, 6.07) is 6.23. The number of aryl methyl sites for hydroxylation is 1. The average molecular weight is 373 g/mol. The highest BCUT2D eigenvalue weighted by molar-refractivity contribution is 6.08. The van der Waals surface area contributed by atoms with Gasteiger partial charge in [-0.25, -0.2) is 9.59 Å². The first-order valence-corrected chi connectivity index (χ1v) is 9.17. The molecule has 27 heavy (non-hydrogen) atoms. The lowest BCUT2D eigenvalue weighted by atomic mass is 9.82. The molecule has 0 bridgehead atoms. The minimum atomic E-state index is -0.916. The van der Waals surface area contributed by atoms with Crippen molar-refractivity contribution in [3.05, 3.63) is 35.4 Å². The molecule has 1 saturated heterocycles. The number of carbonyl (C=O) groups excluding carboxylic acids is 4. The lowest BCUT2D eigenvalue weighted by molar-refractivity contribution is -0.140. The Labute approximate surface area is 157 Å². The van der Waals surface area contributed by atoms with E-state index in [1.165, 1.54) is 0 Å². The molecule has 2 fully saturated rings. The molecule has 1 aromatic rings. The molecule has 0 atom stereocenters. The molecule has 1 heterocycles. The van der Waals surface area contributed by atoms with Crippen LogP contribution in [0.3, 0.4) is 0 Å². The number of carbonyl (C=O) groups is 4. The molecule has 0 unspecified atom stereocenters. The van der Waals surface area contributed by atoms with E-state index in [9.17, 15) is 19.2 Å². The van der Waals surface area contributed by atoms with Gasteiger partial charge in [0.05, 0.1) is 5.56 Å². The van der Waals surface area contributed by atoms with Gasteiger partial charge < -0.3 is 10.1 Å². The van der Waals surface area contributed by atoms with E-state index >= 15 is 0 Å². The molecule has 1 spiro atoms. The van der Waals surface area contributed by atoms with Gasteiger partial charge in [0.15, 0.2) is 6.61 Å². The van der Waals surface area contributed by atoms with E-state index in [4.69, 9.17) is 4.74 Å². The lowest BCUT2D eigenvalue weighted by Crippen LogP contribution is -2.51. The molecule has 4 amide bonds. The number of hydrogen-bond acceptors (Lipinski definition) is 5. The van der Waals surface area contributed by atoms with Gasteiger partial charge in [-0.15, -0.1) is 0 Å². The normalized spacial score (nSPS) is 18.3. The van der Waals surface area contributed by atoms with Crippen molar-refractivity contribution >= 4 is 23.8 Å². The van der Waals surface area contributed by atoms with Crippen LogP contribution in [0.4, 0.5) is 4.79 Å². The maximum Gasteiger partial charge on any atom is 0.344 e. The molecule has 2 N–H and O–H groups in total. The minimum absolute atomic E-state index is 0.330. The van der Waals surface area contributed by atoms with Gasteiger partial charge in [-0.3, -0.25) is 15.0 Å². The van der Waals surface area contributed by atoms with Crippen LogP contribution in [0.25, 0.3) is 0 Å². The average Bonchev–Trinajstić information content (AvgIpc) is 2.90. The molecular weight excluding hydrogens is 350 g/mol. The standard InChI is InChI=1S/C19H23N3O5/c1-2-13-6-8-14(9-7-13)16(24)27-12-15(23)21-22-17(25)19(20-18(22)26)10-4-3-5-11-19/h6-9H,2-5,10-12H2,1H3,(H,20,26)(H,21,23). The molecule has 1 aliphatic carbocycles. The molecule has 144 valence electrons. The number of nitrogens with zero attached hydrogens (tertiary/aromatic N) is 1. The first-order valence-electron chi connectivity index (χ1n) is 9.17. The third kappa shape index (κ3) is 3.94. The summed E-state index contributed by atoms with van der Waals surface area (Å²) in [5.74, 6) is -1.85. The second-order valence-electron chi connectivity index (χ2n) is 6.88. The minimum Gasteiger partial charge on any atom is -0.452 e. The van der Waals surface area contributed by atoms with E-state index < -0.39 is 36.0 Å². The predicted octanol–water partition coefficient (Wildman–Crippen LogP) is 1.69. The number of hydrogen-bond donors (Lipinski definition) is 2. The number of benzene rings is 1. The smallest absolute Gasteiger partial charge is 0.344 e. The number of urea groups is 1. The Morgan fingerprint density at radius 1 is 1.15 bits per heavy atom. The largest absolute Gasteiger partial charge is 0.452 e. The number of nitrogens with one attached hydrogen (secondary N) is 2. The highest BCUT2D eigenvalue weighted by Gasteiger charge is 2.52. The molecule has 1 aromatic carbocycles. The monoisotopic (exact) mass is 373 g/mol. The van der Waals surface area contributed by atoms with Crippen LogP contribution in [0.1, 0.15) is 54.9 Å². The fourth-order valence-electron chi connectivity index (χ4n) is 3.46. The van der Waals surface area contributed by atoms with Gasteiger partial charge in [0.2, 0.25) is 0 Å². The van der Waals surface area contributed by atoms with Gasteiger partial charge in [0.1, 0.15) is 5.54 Å². The van der Waals surface area contributed by atoms with Crippen LogP contribution in [0.15, 0.2) is 24.3 Å².